The van der Waals surface area contributed by atoms with E-state index in [0.717, 1.165) is 5.56 Å². The van der Waals surface area contributed by atoms with Gasteiger partial charge in [0.05, 0.1) is 13.7 Å². The van der Waals surface area contributed by atoms with Gasteiger partial charge in [-0.05, 0) is 13.0 Å². The lowest BCUT2D eigenvalue weighted by Crippen LogP contribution is -1.91. The highest BCUT2D eigenvalue weighted by Crippen LogP contribution is 2.25. The number of hydrogen-bond acceptors (Lipinski definition) is 5. The lowest BCUT2D eigenvalue weighted by atomic mass is 10.1. The van der Waals surface area contributed by atoms with Crippen LogP contribution in [0.25, 0.3) is 11.3 Å². The lowest BCUT2D eigenvalue weighted by Gasteiger charge is -2.00. The van der Waals surface area contributed by atoms with Gasteiger partial charge in [-0.15, -0.1) is 0 Å². The van der Waals surface area contributed by atoms with E-state index in [1.54, 1.807) is 26.3 Å². The van der Waals surface area contributed by atoms with Crippen molar-refractivity contribution in [2.45, 2.75) is 13.5 Å². The van der Waals surface area contributed by atoms with Gasteiger partial charge in [-0.25, -0.2) is 4.98 Å². The number of nitrogens with zero attached hydrogens (tertiary/aromatic N) is 2. The predicted octanol–water partition coefficient (Wildman–Crippen LogP) is 1.55. The van der Waals surface area contributed by atoms with Crippen molar-refractivity contribution >= 4 is 0 Å². The van der Waals surface area contributed by atoms with Gasteiger partial charge in [-0.1, -0.05) is 5.16 Å². The minimum Gasteiger partial charge on any atom is -0.481 e. The molecule has 0 bridgehead atoms. The van der Waals surface area contributed by atoms with Crippen LogP contribution in [0.4, 0.5) is 0 Å². The molecule has 0 aliphatic carbocycles. The quantitative estimate of drug-likeness (QED) is 0.849. The molecule has 0 radical (unpaired) electrons. The maximum atomic E-state index is 9.21. The van der Waals surface area contributed by atoms with Crippen LogP contribution < -0.4 is 4.74 Å². The fourth-order valence-electron chi connectivity index (χ4n) is 1.45. The Bertz CT molecular complexity index is 476. The van der Waals surface area contributed by atoms with Crippen LogP contribution in [-0.2, 0) is 6.61 Å². The van der Waals surface area contributed by atoms with Crippen LogP contribution in [-0.4, -0.2) is 22.4 Å². The molecule has 0 saturated heterocycles. The van der Waals surface area contributed by atoms with Crippen molar-refractivity contribution in [1.82, 2.24) is 10.1 Å². The molecule has 2 aromatic rings. The van der Waals surface area contributed by atoms with E-state index in [0.29, 0.717) is 22.9 Å². The number of hydrogen-bond donors (Lipinski definition) is 1. The number of methoxy groups -OCH3 is 1. The Kier molecular flexibility index (Phi) is 2.87. The summed E-state index contributed by atoms with van der Waals surface area (Å²) in [6, 6.07) is 3.56. The van der Waals surface area contributed by atoms with Crippen LogP contribution >= 0.6 is 0 Å². The SMILES string of the molecule is COc1ccc(-c2noc(C)c2CO)cn1. The first-order valence-electron chi connectivity index (χ1n) is 4.82. The Hall–Kier alpha value is -1.88. The average Bonchev–Trinajstić information content (AvgIpc) is 2.70. The van der Waals surface area contributed by atoms with Gasteiger partial charge in [-0.3, -0.25) is 0 Å². The Balaban J connectivity index is 2.42. The third-order valence-corrected chi connectivity index (χ3v) is 2.36. The highest BCUT2D eigenvalue weighted by molar-refractivity contribution is 5.62. The van der Waals surface area contributed by atoms with Gasteiger partial charge < -0.3 is 14.4 Å². The molecule has 0 aliphatic heterocycles. The minimum absolute atomic E-state index is 0.101. The molecule has 0 amide bonds. The number of aliphatic hydroxyl groups is 1. The summed E-state index contributed by atoms with van der Waals surface area (Å²) in [7, 11) is 1.56. The van der Waals surface area contributed by atoms with Crippen molar-refractivity contribution in [2.75, 3.05) is 7.11 Å². The third kappa shape index (κ3) is 1.77. The first-order chi connectivity index (χ1) is 7.76. The summed E-state index contributed by atoms with van der Waals surface area (Å²) in [6.07, 6.45) is 1.63. The second-order valence-corrected chi connectivity index (χ2v) is 3.31. The molecule has 0 atom stereocenters. The lowest BCUT2D eigenvalue weighted by molar-refractivity contribution is 0.278. The number of aryl methyl sites for hydroxylation is 1. The van der Waals surface area contributed by atoms with Crippen molar-refractivity contribution in [2.24, 2.45) is 0 Å². The fraction of sp³-hybridized carbons (Fsp3) is 0.273. The van der Waals surface area contributed by atoms with Gasteiger partial charge in [0.25, 0.3) is 0 Å². The first kappa shape index (κ1) is 10.6. The van der Waals surface area contributed by atoms with Gasteiger partial charge in [0.2, 0.25) is 5.88 Å². The summed E-state index contributed by atoms with van der Waals surface area (Å²) in [5.41, 5.74) is 2.10. The molecule has 0 aliphatic rings. The highest BCUT2D eigenvalue weighted by Gasteiger charge is 2.13. The van der Waals surface area contributed by atoms with Crippen molar-refractivity contribution in [1.29, 1.82) is 0 Å². The highest BCUT2D eigenvalue weighted by atomic mass is 16.5. The minimum atomic E-state index is -0.101. The molecular weight excluding hydrogens is 208 g/mol. The molecule has 84 valence electrons. The summed E-state index contributed by atoms with van der Waals surface area (Å²) in [5.74, 6) is 1.16. The summed E-state index contributed by atoms with van der Waals surface area (Å²) in [4.78, 5) is 4.07. The van der Waals surface area contributed by atoms with Crippen molar-refractivity contribution in [3.63, 3.8) is 0 Å². The molecule has 0 saturated carbocycles. The monoisotopic (exact) mass is 220 g/mol. The van der Waals surface area contributed by atoms with Gasteiger partial charge in [0, 0.05) is 23.4 Å². The van der Waals surface area contributed by atoms with E-state index >= 15 is 0 Å². The maximum absolute atomic E-state index is 9.21. The number of aromatic nitrogens is 2. The van der Waals surface area contributed by atoms with Gasteiger partial charge >= 0.3 is 0 Å². The second kappa shape index (κ2) is 4.32. The Morgan fingerprint density at radius 3 is 2.81 bits per heavy atom. The van der Waals surface area contributed by atoms with E-state index in [1.165, 1.54) is 0 Å². The Morgan fingerprint density at radius 1 is 1.44 bits per heavy atom. The molecule has 0 aromatic carbocycles. The molecular formula is C11H12N2O3. The van der Waals surface area contributed by atoms with Crippen molar-refractivity contribution < 1.29 is 14.4 Å². The maximum Gasteiger partial charge on any atom is 0.212 e. The molecule has 0 fully saturated rings. The average molecular weight is 220 g/mol. The molecule has 0 unspecified atom stereocenters. The van der Waals surface area contributed by atoms with E-state index in [-0.39, 0.29) is 6.61 Å². The second-order valence-electron chi connectivity index (χ2n) is 3.31. The van der Waals surface area contributed by atoms with E-state index in [9.17, 15) is 5.11 Å². The summed E-state index contributed by atoms with van der Waals surface area (Å²) >= 11 is 0. The standard InChI is InChI=1S/C11H12N2O3/c1-7-9(6-14)11(13-16-7)8-3-4-10(15-2)12-5-8/h3-5,14H,6H2,1-2H3. The molecule has 5 heteroatoms. The third-order valence-electron chi connectivity index (χ3n) is 2.36. The number of aliphatic hydroxyl groups excluding tert-OH is 1. The van der Waals surface area contributed by atoms with Crippen LogP contribution in [0.15, 0.2) is 22.9 Å². The van der Waals surface area contributed by atoms with E-state index in [1.807, 2.05) is 6.07 Å². The number of pyridine rings is 1. The number of rotatable bonds is 3. The zero-order chi connectivity index (χ0) is 11.5. The zero-order valence-corrected chi connectivity index (χ0v) is 9.10. The molecule has 16 heavy (non-hydrogen) atoms. The van der Waals surface area contributed by atoms with E-state index in [2.05, 4.69) is 10.1 Å². The van der Waals surface area contributed by atoms with Crippen LogP contribution in [0.2, 0.25) is 0 Å². The molecule has 2 rings (SSSR count). The molecule has 0 spiro atoms. The first-order valence-corrected chi connectivity index (χ1v) is 4.82. The largest absolute Gasteiger partial charge is 0.481 e. The van der Waals surface area contributed by atoms with Crippen LogP contribution in [0.5, 0.6) is 5.88 Å². The Labute approximate surface area is 92.7 Å². The predicted molar refractivity (Wildman–Crippen MR) is 56.9 cm³/mol. The zero-order valence-electron chi connectivity index (χ0n) is 9.10. The summed E-state index contributed by atoms with van der Waals surface area (Å²) in [5, 5.41) is 13.1. The van der Waals surface area contributed by atoms with Crippen LogP contribution in [0, 0.1) is 6.92 Å². The van der Waals surface area contributed by atoms with E-state index < -0.39 is 0 Å². The van der Waals surface area contributed by atoms with Gasteiger partial charge in [-0.2, -0.15) is 0 Å². The van der Waals surface area contributed by atoms with Crippen molar-refractivity contribution in [3.05, 3.63) is 29.7 Å². The topological polar surface area (TPSA) is 68.4 Å². The summed E-state index contributed by atoms with van der Waals surface area (Å²) in [6.45, 7) is 1.66. The number of ether oxygens (including phenoxy) is 1. The van der Waals surface area contributed by atoms with Gasteiger partial charge in [0.15, 0.2) is 0 Å². The molecule has 2 aromatic heterocycles. The normalized spacial score (nSPS) is 10.4. The van der Waals surface area contributed by atoms with Crippen LogP contribution in [0.1, 0.15) is 11.3 Å². The molecule has 2 heterocycles. The smallest absolute Gasteiger partial charge is 0.212 e. The molecule has 1 N–H and O–H groups in total. The molecule has 5 nitrogen and oxygen atoms in total. The van der Waals surface area contributed by atoms with E-state index in [4.69, 9.17) is 9.26 Å². The Morgan fingerprint density at radius 2 is 2.25 bits per heavy atom. The van der Waals surface area contributed by atoms with Gasteiger partial charge in [0.1, 0.15) is 11.5 Å². The van der Waals surface area contributed by atoms with Crippen LogP contribution in [0.3, 0.4) is 0 Å². The summed E-state index contributed by atoms with van der Waals surface area (Å²) < 4.78 is 9.99. The van der Waals surface area contributed by atoms with Crippen molar-refractivity contribution in [3.8, 4) is 17.1 Å². The fourth-order valence-corrected chi connectivity index (χ4v) is 1.45.